The standard InChI is InChI=1S/C15H14Cl3N/c1-9-6-7-10(8-13(9)18)15(19-2)14-11(16)4-3-5-12(14)17/h3-8,15,19H,1-2H3. The third-order valence-corrected chi connectivity index (χ3v) is 4.17. The fourth-order valence-electron chi connectivity index (χ4n) is 2.05. The number of hydrogen-bond acceptors (Lipinski definition) is 1. The minimum absolute atomic E-state index is 0.0840. The number of hydrogen-bond donors (Lipinski definition) is 1. The SMILES string of the molecule is CNC(c1ccc(C)c(Cl)c1)c1c(Cl)cccc1Cl. The first kappa shape index (κ1) is 14.7. The summed E-state index contributed by atoms with van der Waals surface area (Å²) in [4.78, 5) is 0. The van der Waals surface area contributed by atoms with E-state index >= 15 is 0 Å². The lowest BCUT2D eigenvalue weighted by Gasteiger charge is -2.20. The number of nitrogens with one attached hydrogen (secondary N) is 1. The Labute approximate surface area is 128 Å². The van der Waals surface area contributed by atoms with Crippen LogP contribution >= 0.6 is 34.8 Å². The quantitative estimate of drug-likeness (QED) is 0.814. The molecule has 100 valence electrons. The number of rotatable bonds is 3. The molecule has 0 saturated carbocycles. The van der Waals surface area contributed by atoms with Crippen LogP contribution in [0.25, 0.3) is 0 Å². The first-order valence-electron chi connectivity index (χ1n) is 5.92. The van der Waals surface area contributed by atoms with Gasteiger partial charge in [0.05, 0.1) is 6.04 Å². The lowest BCUT2D eigenvalue weighted by atomic mass is 9.98. The van der Waals surface area contributed by atoms with Crippen LogP contribution in [-0.4, -0.2) is 7.05 Å². The van der Waals surface area contributed by atoms with Gasteiger partial charge in [-0.25, -0.2) is 0 Å². The molecular weight excluding hydrogens is 301 g/mol. The van der Waals surface area contributed by atoms with Crippen LogP contribution in [0.4, 0.5) is 0 Å². The molecule has 0 aliphatic carbocycles. The van der Waals surface area contributed by atoms with Crippen molar-refractivity contribution in [2.45, 2.75) is 13.0 Å². The van der Waals surface area contributed by atoms with Gasteiger partial charge in [0.15, 0.2) is 0 Å². The molecule has 2 aromatic rings. The number of benzene rings is 2. The molecule has 0 aliphatic rings. The third-order valence-electron chi connectivity index (χ3n) is 3.11. The van der Waals surface area contributed by atoms with Gasteiger partial charge in [0.1, 0.15) is 0 Å². The van der Waals surface area contributed by atoms with E-state index in [0.717, 1.165) is 21.7 Å². The lowest BCUT2D eigenvalue weighted by molar-refractivity contribution is 0.692. The van der Waals surface area contributed by atoms with E-state index in [0.29, 0.717) is 10.0 Å². The molecule has 0 amide bonds. The molecule has 2 rings (SSSR count). The predicted molar refractivity (Wildman–Crippen MR) is 83.6 cm³/mol. The summed E-state index contributed by atoms with van der Waals surface area (Å²) >= 11 is 18.7. The summed E-state index contributed by atoms with van der Waals surface area (Å²) in [7, 11) is 1.87. The third kappa shape index (κ3) is 3.06. The summed E-state index contributed by atoms with van der Waals surface area (Å²) in [6.07, 6.45) is 0. The van der Waals surface area contributed by atoms with Gasteiger partial charge in [-0.2, -0.15) is 0 Å². The first-order chi connectivity index (χ1) is 9.04. The number of aryl methyl sites for hydroxylation is 1. The molecule has 2 aromatic carbocycles. The summed E-state index contributed by atoms with van der Waals surface area (Å²) < 4.78 is 0. The van der Waals surface area contributed by atoms with Gasteiger partial charge < -0.3 is 5.32 Å². The van der Waals surface area contributed by atoms with Crippen molar-refractivity contribution in [3.8, 4) is 0 Å². The molecule has 0 bridgehead atoms. The molecule has 4 heteroatoms. The Morgan fingerprint density at radius 3 is 2.11 bits per heavy atom. The highest BCUT2D eigenvalue weighted by Crippen LogP contribution is 2.35. The monoisotopic (exact) mass is 313 g/mol. The second-order valence-electron chi connectivity index (χ2n) is 4.37. The maximum Gasteiger partial charge on any atom is 0.0604 e. The van der Waals surface area contributed by atoms with Crippen molar-refractivity contribution >= 4 is 34.8 Å². The van der Waals surface area contributed by atoms with Gasteiger partial charge in [-0.3, -0.25) is 0 Å². The Morgan fingerprint density at radius 1 is 0.947 bits per heavy atom. The van der Waals surface area contributed by atoms with E-state index < -0.39 is 0 Å². The fourth-order valence-corrected chi connectivity index (χ4v) is 2.86. The van der Waals surface area contributed by atoms with Crippen LogP contribution in [0.15, 0.2) is 36.4 Å². The van der Waals surface area contributed by atoms with Crippen LogP contribution in [0, 0.1) is 6.92 Å². The molecule has 0 radical (unpaired) electrons. The molecule has 1 N–H and O–H groups in total. The average molecular weight is 315 g/mol. The fraction of sp³-hybridized carbons (Fsp3) is 0.200. The van der Waals surface area contributed by atoms with Crippen molar-refractivity contribution in [3.63, 3.8) is 0 Å². The van der Waals surface area contributed by atoms with Gasteiger partial charge in [-0.05, 0) is 43.3 Å². The van der Waals surface area contributed by atoms with E-state index in [4.69, 9.17) is 34.8 Å². The van der Waals surface area contributed by atoms with Crippen LogP contribution in [-0.2, 0) is 0 Å². The molecule has 1 unspecified atom stereocenters. The van der Waals surface area contributed by atoms with Crippen LogP contribution in [0.2, 0.25) is 15.1 Å². The Hall–Kier alpha value is -0.730. The van der Waals surface area contributed by atoms with Crippen molar-refractivity contribution < 1.29 is 0 Å². The summed E-state index contributed by atoms with van der Waals surface area (Å²) in [5.74, 6) is 0. The van der Waals surface area contributed by atoms with Crippen LogP contribution < -0.4 is 5.32 Å². The van der Waals surface area contributed by atoms with E-state index in [1.54, 1.807) is 0 Å². The van der Waals surface area contributed by atoms with Crippen LogP contribution in [0.5, 0.6) is 0 Å². The van der Waals surface area contributed by atoms with E-state index in [1.165, 1.54) is 0 Å². The summed E-state index contributed by atoms with van der Waals surface area (Å²) in [5.41, 5.74) is 2.95. The van der Waals surface area contributed by atoms with E-state index in [9.17, 15) is 0 Å². The van der Waals surface area contributed by atoms with Crippen LogP contribution in [0.1, 0.15) is 22.7 Å². The highest BCUT2D eigenvalue weighted by Gasteiger charge is 2.18. The zero-order chi connectivity index (χ0) is 14.0. The second-order valence-corrected chi connectivity index (χ2v) is 5.59. The van der Waals surface area contributed by atoms with E-state index in [2.05, 4.69) is 5.32 Å². The molecule has 1 atom stereocenters. The van der Waals surface area contributed by atoms with Gasteiger partial charge >= 0.3 is 0 Å². The van der Waals surface area contributed by atoms with Crippen molar-refractivity contribution in [2.75, 3.05) is 7.05 Å². The average Bonchev–Trinajstić information content (AvgIpc) is 2.37. The summed E-state index contributed by atoms with van der Waals surface area (Å²) in [5, 5.41) is 5.26. The Balaban J connectivity index is 2.53. The summed E-state index contributed by atoms with van der Waals surface area (Å²) in [6.45, 7) is 1.98. The molecule has 0 spiro atoms. The molecule has 1 nitrogen and oxygen atoms in total. The van der Waals surface area contributed by atoms with Gasteiger partial charge in [0.25, 0.3) is 0 Å². The molecule has 0 aromatic heterocycles. The predicted octanol–water partition coefficient (Wildman–Crippen LogP) is 5.26. The second kappa shape index (κ2) is 6.15. The van der Waals surface area contributed by atoms with Gasteiger partial charge in [0, 0.05) is 20.6 Å². The maximum absolute atomic E-state index is 6.27. The number of halogens is 3. The maximum atomic E-state index is 6.27. The largest absolute Gasteiger partial charge is 0.309 e. The minimum atomic E-state index is -0.0840. The van der Waals surface area contributed by atoms with Crippen molar-refractivity contribution in [1.29, 1.82) is 0 Å². The van der Waals surface area contributed by atoms with Gasteiger partial charge in [0.2, 0.25) is 0 Å². The van der Waals surface area contributed by atoms with Crippen molar-refractivity contribution in [3.05, 3.63) is 68.2 Å². The Bertz CT molecular complexity index is 576. The molecule has 0 saturated heterocycles. The summed E-state index contributed by atoms with van der Waals surface area (Å²) in [6, 6.07) is 11.4. The van der Waals surface area contributed by atoms with Crippen LogP contribution in [0.3, 0.4) is 0 Å². The highest BCUT2D eigenvalue weighted by molar-refractivity contribution is 6.36. The van der Waals surface area contributed by atoms with E-state index in [1.807, 2.05) is 50.4 Å². The Kier molecular flexibility index (Phi) is 4.75. The minimum Gasteiger partial charge on any atom is -0.309 e. The molecule has 19 heavy (non-hydrogen) atoms. The van der Waals surface area contributed by atoms with Crippen molar-refractivity contribution in [2.24, 2.45) is 0 Å². The van der Waals surface area contributed by atoms with E-state index in [-0.39, 0.29) is 6.04 Å². The molecule has 0 heterocycles. The zero-order valence-electron chi connectivity index (χ0n) is 10.7. The molecular formula is C15H14Cl3N. The topological polar surface area (TPSA) is 12.0 Å². The lowest BCUT2D eigenvalue weighted by Crippen LogP contribution is -2.18. The Morgan fingerprint density at radius 2 is 1.58 bits per heavy atom. The zero-order valence-corrected chi connectivity index (χ0v) is 12.9. The smallest absolute Gasteiger partial charge is 0.0604 e. The van der Waals surface area contributed by atoms with Gasteiger partial charge in [-0.1, -0.05) is 53.0 Å². The highest BCUT2D eigenvalue weighted by atomic mass is 35.5. The first-order valence-corrected chi connectivity index (χ1v) is 7.05. The van der Waals surface area contributed by atoms with Gasteiger partial charge in [-0.15, -0.1) is 0 Å². The molecule has 0 aliphatic heterocycles. The molecule has 0 fully saturated rings. The van der Waals surface area contributed by atoms with Crippen molar-refractivity contribution in [1.82, 2.24) is 5.32 Å². The normalized spacial score (nSPS) is 12.5.